The lowest BCUT2D eigenvalue weighted by Crippen LogP contribution is -2.51. The number of carbonyl (C=O) groups excluding carboxylic acids is 1. The average Bonchev–Trinajstić information content (AvgIpc) is 2.62. The molecule has 2 rings (SSSR count). The van der Waals surface area contributed by atoms with E-state index in [1.54, 1.807) is 0 Å². The summed E-state index contributed by atoms with van der Waals surface area (Å²) in [4.78, 5) is 13.2. The highest BCUT2D eigenvalue weighted by Crippen LogP contribution is 2.46. The highest BCUT2D eigenvalue weighted by Gasteiger charge is 2.47. The van der Waals surface area contributed by atoms with Crippen LogP contribution in [0.25, 0.3) is 6.08 Å². The van der Waals surface area contributed by atoms with Crippen LogP contribution in [0, 0.1) is 5.92 Å². The van der Waals surface area contributed by atoms with Crippen LogP contribution < -0.4 is 9.16 Å². The molecule has 0 bridgehead atoms. The number of benzene rings is 1. The summed E-state index contributed by atoms with van der Waals surface area (Å²) in [5.74, 6) is 1.44. The quantitative estimate of drug-likeness (QED) is 0.313. The van der Waals surface area contributed by atoms with Crippen molar-refractivity contribution in [2.75, 3.05) is 0 Å². The molecule has 0 radical (unpaired) electrons. The highest BCUT2D eigenvalue weighted by atomic mass is 28.4. The van der Waals surface area contributed by atoms with E-state index in [9.17, 15) is 4.79 Å². The number of ether oxygens (including phenoxy) is 1. The lowest BCUT2D eigenvalue weighted by molar-refractivity contribution is 0.0937. The molecule has 166 valence electrons. The van der Waals surface area contributed by atoms with Crippen LogP contribution in [0.5, 0.6) is 11.5 Å². The molecule has 3 nitrogen and oxygen atoms in total. The van der Waals surface area contributed by atoms with Gasteiger partial charge in [0.1, 0.15) is 17.1 Å². The van der Waals surface area contributed by atoms with Crippen LogP contribution in [0.4, 0.5) is 0 Å². The Morgan fingerprint density at radius 2 is 1.57 bits per heavy atom. The molecule has 0 fully saturated rings. The second-order valence-electron chi connectivity index (χ2n) is 10.2. The van der Waals surface area contributed by atoms with Gasteiger partial charge in [0, 0.05) is 17.5 Å². The van der Waals surface area contributed by atoms with Crippen molar-refractivity contribution in [1.82, 2.24) is 0 Å². The first kappa shape index (κ1) is 24.5. The molecule has 0 saturated heterocycles. The van der Waals surface area contributed by atoms with Crippen LogP contribution in [0.2, 0.25) is 16.6 Å². The summed E-state index contributed by atoms with van der Waals surface area (Å²) in [6, 6.07) is 3.91. The molecule has 4 heteroatoms. The molecule has 30 heavy (non-hydrogen) atoms. The highest BCUT2D eigenvalue weighted by molar-refractivity contribution is 6.78. The average molecular weight is 429 g/mol. The minimum Gasteiger partial charge on any atom is -0.542 e. The molecule has 0 aliphatic carbocycles. The molecule has 1 heterocycles. The van der Waals surface area contributed by atoms with Gasteiger partial charge >= 0.3 is 0 Å². The number of rotatable bonds is 8. The van der Waals surface area contributed by atoms with Gasteiger partial charge in [-0.05, 0) is 48.2 Å². The number of ketones is 1. The standard InChI is InChI=1S/C26H40O3Si/c1-12-21-13-20-14-22(25(27)16(2)3)24(15-23(20)28-26(21,10)11)29-30(17(4)5,18(6)7)19(8)9/h12-19H,1H2,2-11H3. The lowest BCUT2D eigenvalue weighted by atomic mass is 9.90. The molecule has 0 N–H and O–H groups in total. The second-order valence-corrected chi connectivity index (χ2v) is 15.6. The first-order valence-electron chi connectivity index (χ1n) is 11.2. The van der Waals surface area contributed by atoms with E-state index in [0.717, 1.165) is 16.9 Å². The van der Waals surface area contributed by atoms with Crippen molar-refractivity contribution in [3.05, 3.63) is 41.5 Å². The Balaban J connectivity index is 2.74. The van der Waals surface area contributed by atoms with Gasteiger partial charge in [-0.1, -0.05) is 68.0 Å². The smallest absolute Gasteiger partial charge is 0.258 e. The van der Waals surface area contributed by atoms with Crippen LogP contribution in [0.1, 0.15) is 85.2 Å². The van der Waals surface area contributed by atoms with E-state index in [1.807, 2.05) is 45.9 Å². The van der Waals surface area contributed by atoms with E-state index in [1.165, 1.54) is 0 Å². The molecular weight excluding hydrogens is 388 g/mol. The SMILES string of the molecule is C=CC1=Cc2cc(C(=O)C(C)C)c(O[Si](C(C)C)(C(C)C)C(C)C)cc2OC1(C)C. The van der Waals surface area contributed by atoms with Crippen LogP contribution in [-0.4, -0.2) is 19.7 Å². The van der Waals surface area contributed by atoms with Gasteiger partial charge in [-0.3, -0.25) is 4.79 Å². The Kier molecular flexibility index (Phi) is 7.12. The number of Topliss-reactive ketones (excluding diaryl/α,β-unsaturated/α-hetero) is 1. The van der Waals surface area contributed by atoms with Gasteiger partial charge in [-0.2, -0.15) is 0 Å². The minimum atomic E-state index is -2.22. The predicted octanol–water partition coefficient (Wildman–Crippen LogP) is 7.82. The van der Waals surface area contributed by atoms with Crippen molar-refractivity contribution in [3.8, 4) is 11.5 Å². The molecule has 0 spiro atoms. The maximum atomic E-state index is 13.2. The third-order valence-electron chi connectivity index (χ3n) is 6.49. The fraction of sp³-hybridized carbons (Fsp3) is 0.577. The van der Waals surface area contributed by atoms with E-state index in [2.05, 4.69) is 54.2 Å². The van der Waals surface area contributed by atoms with Gasteiger partial charge in [-0.15, -0.1) is 0 Å². The van der Waals surface area contributed by atoms with E-state index < -0.39 is 13.9 Å². The van der Waals surface area contributed by atoms with E-state index in [0.29, 0.717) is 27.9 Å². The lowest BCUT2D eigenvalue weighted by Gasteiger charge is -2.43. The summed E-state index contributed by atoms with van der Waals surface area (Å²) in [5, 5.41) is 0. The van der Waals surface area contributed by atoms with E-state index in [-0.39, 0.29) is 11.7 Å². The number of hydrogen-bond donors (Lipinski definition) is 0. The monoisotopic (exact) mass is 428 g/mol. The van der Waals surface area contributed by atoms with E-state index in [4.69, 9.17) is 9.16 Å². The predicted molar refractivity (Wildman–Crippen MR) is 130 cm³/mol. The number of carbonyl (C=O) groups is 1. The van der Waals surface area contributed by atoms with Crippen molar-refractivity contribution in [3.63, 3.8) is 0 Å². The summed E-state index contributed by atoms with van der Waals surface area (Å²) < 4.78 is 13.3. The summed E-state index contributed by atoms with van der Waals surface area (Å²) in [5.41, 5.74) is 3.34. The number of fused-ring (bicyclic) bond motifs is 1. The maximum Gasteiger partial charge on any atom is 0.258 e. The normalized spacial score (nSPS) is 15.9. The summed E-state index contributed by atoms with van der Waals surface area (Å²) in [6.07, 6.45) is 3.90. The zero-order valence-electron chi connectivity index (χ0n) is 20.6. The third-order valence-corrected chi connectivity index (χ3v) is 12.5. The van der Waals surface area contributed by atoms with Crippen LogP contribution in [-0.2, 0) is 0 Å². The first-order valence-corrected chi connectivity index (χ1v) is 13.4. The second kappa shape index (κ2) is 8.74. The van der Waals surface area contributed by atoms with E-state index >= 15 is 0 Å². The zero-order chi connectivity index (χ0) is 23.0. The fourth-order valence-corrected chi connectivity index (χ4v) is 10.1. The van der Waals surface area contributed by atoms with Gasteiger partial charge in [0.2, 0.25) is 0 Å². The maximum absolute atomic E-state index is 13.2. The van der Waals surface area contributed by atoms with Crippen molar-refractivity contribution in [1.29, 1.82) is 0 Å². The topological polar surface area (TPSA) is 35.5 Å². The molecule has 1 aromatic rings. The molecule has 0 unspecified atom stereocenters. The largest absolute Gasteiger partial charge is 0.542 e. The Labute approximate surface area is 184 Å². The fourth-order valence-electron chi connectivity index (χ4n) is 4.89. The van der Waals surface area contributed by atoms with Crippen molar-refractivity contribution < 1.29 is 14.0 Å². The van der Waals surface area contributed by atoms with Crippen molar-refractivity contribution >= 4 is 20.2 Å². The van der Waals surface area contributed by atoms with Gasteiger partial charge in [0.25, 0.3) is 8.32 Å². The molecule has 0 atom stereocenters. The molecule has 0 saturated carbocycles. The summed E-state index contributed by atoms with van der Waals surface area (Å²) >= 11 is 0. The molecule has 0 aromatic heterocycles. The Bertz CT molecular complexity index is 822. The third kappa shape index (κ3) is 4.30. The zero-order valence-corrected chi connectivity index (χ0v) is 21.6. The molecule has 1 aromatic carbocycles. The van der Waals surface area contributed by atoms with Crippen LogP contribution in [0.15, 0.2) is 30.4 Å². The molecule has 1 aliphatic heterocycles. The van der Waals surface area contributed by atoms with Gasteiger partial charge in [0.05, 0.1) is 5.56 Å². The van der Waals surface area contributed by atoms with Gasteiger partial charge in [-0.25, -0.2) is 0 Å². The minimum absolute atomic E-state index is 0.102. The summed E-state index contributed by atoms with van der Waals surface area (Å²) in [7, 11) is -2.22. The molecule has 0 amide bonds. The van der Waals surface area contributed by atoms with Crippen molar-refractivity contribution in [2.24, 2.45) is 5.92 Å². The summed E-state index contributed by atoms with van der Waals surface area (Å²) in [6.45, 7) is 25.4. The van der Waals surface area contributed by atoms with Gasteiger partial charge < -0.3 is 9.16 Å². The number of hydrogen-bond acceptors (Lipinski definition) is 3. The Hall–Kier alpha value is -1.81. The molecule has 1 aliphatic rings. The Morgan fingerprint density at radius 3 is 2.00 bits per heavy atom. The van der Waals surface area contributed by atoms with Crippen LogP contribution in [0.3, 0.4) is 0 Å². The van der Waals surface area contributed by atoms with Crippen molar-refractivity contribution in [2.45, 2.75) is 91.5 Å². The Morgan fingerprint density at radius 1 is 1.03 bits per heavy atom. The first-order chi connectivity index (χ1) is 13.8. The molecular formula is C26H40O3Si. The van der Waals surface area contributed by atoms with Crippen LogP contribution >= 0.6 is 0 Å². The van der Waals surface area contributed by atoms with Gasteiger partial charge in [0.15, 0.2) is 5.78 Å².